The summed E-state index contributed by atoms with van der Waals surface area (Å²) in [6, 6.07) is 4.10. The molecule has 0 saturated heterocycles. The number of fused-ring (bicyclic) bond motifs is 1. The third-order valence-corrected chi connectivity index (χ3v) is 5.07. The van der Waals surface area contributed by atoms with Crippen molar-refractivity contribution in [3.63, 3.8) is 0 Å². The van der Waals surface area contributed by atoms with Gasteiger partial charge in [0.05, 0.1) is 5.56 Å². The number of anilines is 1. The molecular weight excluding hydrogens is 288 g/mol. The van der Waals surface area contributed by atoms with Gasteiger partial charge in [-0.1, -0.05) is 0 Å². The highest BCUT2D eigenvalue weighted by Gasteiger charge is 2.29. The first-order valence-electron chi connectivity index (χ1n) is 8.30. The predicted octanol–water partition coefficient (Wildman–Crippen LogP) is 2.50. The molecule has 1 saturated carbocycles. The van der Waals surface area contributed by atoms with Crippen molar-refractivity contribution in [1.82, 2.24) is 14.9 Å². The number of aromatic nitrogens is 2. The Bertz CT molecular complexity index is 774. The number of rotatable bonds is 3. The fourth-order valence-corrected chi connectivity index (χ4v) is 3.41. The molecule has 0 atom stereocenters. The van der Waals surface area contributed by atoms with Crippen LogP contribution < -0.4 is 10.6 Å². The van der Waals surface area contributed by atoms with Crippen molar-refractivity contribution in [2.45, 2.75) is 38.6 Å². The summed E-state index contributed by atoms with van der Waals surface area (Å²) in [5.74, 6) is 1.26. The zero-order chi connectivity index (χ0) is 16.0. The number of nitrogens with zero attached hydrogens (tertiary/aromatic N) is 2. The third kappa shape index (κ3) is 2.55. The van der Waals surface area contributed by atoms with Gasteiger partial charge in [-0.2, -0.15) is 0 Å². The number of carbonyl (C=O) groups excluding carboxylic acids is 1. The summed E-state index contributed by atoms with van der Waals surface area (Å²) < 4.78 is 2.15. The molecule has 2 N–H and O–H groups in total. The first-order chi connectivity index (χ1) is 11.1. The maximum Gasteiger partial charge on any atom is 0.258 e. The lowest BCUT2D eigenvalue weighted by molar-refractivity contribution is 0.102. The minimum Gasteiger partial charge on any atom is -0.351 e. The second kappa shape index (κ2) is 5.49. The lowest BCUT2D eigenvalue weighted by atomic mass is 10.0. The second-order valence-electron chi connectivity index (χ2n) is 6.58. The largest absolute Gasteiger partial charge is 0.351 e. The van der Waals surface area contributed by atoms with Gasteiger partial charge >= 0.3 is 0 Å². The van der Waals surface area contributed by atoms with Crippen molar-refractivity contribution in [2.24, 2.45) is 7.05 Å². The van der Waals surface area contributed by atoms with Gasteiger partial charge < -0.3 is 15.2 Å². The van der Waals surface area contributed by atoms with Crippen molar-refractivity contribution >= 4 is 11.7 Å². The molecule has 2 aliphatic rings. The van der Waals surface area contributed by atoms with Crippen molar-refractivity contribution in [3.8, 4) is 0 Å². The van der Waals surface area contributed by atoms with E-state index >= 15 is 0 Å². The van der Waals surface area contributed by atoms with E-state index in [0.29, 0.717) is 11.7 Å². The average Bonchev–Trinajstić information content (AvgIpc) is 3.35. The lowest BCUT2D eigenvalue weighted by Crippen LogP contribution is -2.26. The normalized spacial score (nSPS) is 17.0. The average molecular weight is 310 g/mol. The highest BCUT2D eigenvalue weighted by molar-refractivity contribution is 6.05. The van der Waals surface area contributed by atoms with Crippen LogP contribution in [0.4, 0.5) is 5.82 Å². The lowest BCUT2D eigenvalue weighted by Gasteiger charge is -2.19. The molecule has 120 valence electrons. The fourth-order valence-electron chi connectivity index (χ4n) is 3.41. The summed E-state index contributed by atoms with van der Waals surface area (Å²) in [6.45, 7) is 3.75. The molecule has 2 aromatic rings. The fraction of sp³-hybridized carbons (Fsp3) is 0.444. The van der Waals surface area contributed by atoms with E-state index in [1.165, 1.54) is 24.1 Å². The summed E-state index contributed by atoms with van der Waals surface area (Å²) in [5.41, 5.74) is 5.45. The maximum atomic E-state index is 12.7. The van der Waals surface area contributed by atoms with Crippen molar-refractivity contribution in [3.05, 3.63) is 46.4 Å². The highest BCUT2D eigenvalue weighted by atomic mass is 16.1. The van der Waals surface area contributed by atoms with Gasteiger partial charge in [0.1, 0.15) is 5.82 Å². The van der Waals surface area contributed by atoms with Gasteiger partial charge in [-0.05, 0) is 56.3 Å². The Morgan fingerprint density at radius 3 is 3.04 bits per heavy atom. The van der Waals surface area contributed by atoms with E-state index in [2.05, 4.69) is 26.3 Å². The van der Waals surface area contributed by atoms with Crippen LogP contribution in [0, 0.1) is 6.92 Å². The molecule has 0 spiro atoms. The highest BCUT2D eigenvalue weighted by Crippen LogP contribution is 2.41. The topological polar surface area (TPSA) is 59.0 Å². The molecular formula is C18H22N4O. The molecule has 4 rings (SSSR count). The number of carbonyl (C=O) groups is 1. The SMILES string of the molecule is Cc1c(C(=O)Nc2nccc3c2CNCC3)cc(C2CC2)n1C. The third-order valence-electron chi connectivity index (χ3n) is 5.07. The summed E-state index contributed by atoms with van der Waals surface area (Å²) in [7, 11) is 2.05. The van der Waals surface area contributed by atoms with E-state index in [-0.39, 0.29) is 5.91 Å². The molecule has 1 amide bonds. The van der Waals surface area contributed by atoms with E-state index in [9.17, 15) is 4.79 Å². The maximum absolute atomic E-state index is 12.7. The molecule has 1 fully saturated rings. The van der Waals surface area contributed by atoms with Crippen LogP contribution in [0.15, 0.2) is 18.3 Å². The molecule has 5 nitrogen and oxygen atoms in total. The van der Waals surface area contributed by atoms with Crippen LogP contribution in [0.25, 0.3) is 0 Å². The zero-order valence-electron chi connectivity index (χ0n) is 13.6. The van der Waals surface area contributed by atoms with E-state index in [1.807, 2.05) is 20.0 Å². The number of pyridine rings is 1. The quantitative estimate of drug-likeness (QED) is 0.916. The van der Waals surface area contributed by atoms with Crippen LogP contribution in [-0.2, 0) is 20.0 Å². The Morgan fingerprint density at radius 1 is 1.43 bits per heavy atom. The number of nitrogens with one attached hydrogen (secondary N) is 2. The molecule has 1 aliphatic carbocycles. The van der Waals surface area contributed by atoms with Crippen LogP contribution in [0.3, 0.4) is 0 Å². The van der Waals surface area contributed by atoms with E-state index < -0.39 is 0 Å². The van der Waals surface area contributed by atoms with Crippen molar-refractivity contribution in [1.29, 1.82) is 0 Å². The molecule has 3 heterocycles. The van der Waals surface area contributed by atoms with E-state index in [4.69, 9.17) is 0 Å². The van der Waals surface area contributed by atoms with Gasteiger partial charge in [-0.3, -0.25) is 4.79 Å². The van der Waals surface area contributed by atoms with E-state index in [1.54, 1.807) is 6.20 Å². The monoisotopic (exact) mass is 310 g/mol. The molecule has 0 radical (unpaired) electrons. The smallest absolute Gasteiger partial charge is 0.258 e. The Kier molecular flexibility index (Phi) is 3.45. The summed E-state index contributed by atoms with van der Waals surface area (Å²) in [5, 5.41) is 6.37. The summed E-state index contributed by atoms with van der Waals surface area (Å²) in [4.78, 5) is 17.1. The van der Waals surface area contributed by atoms with Crippen LogP contribution in [0.5, 0.6) is 0 Å². The molecule has 0 bridgehead atoms. The van der Waals surface area contributed by atoms with Crippen LogP contribution in [-0.4, -0.2) is 22.0 Å². The van der Waals surface area contributed by atoms with Crippen LogP contribution >= 0.6 is 0 Å². The summed E-state index contributed by atoms with van der Waals surface area (Å²) >= 11 is 0. The minimum absolute atomic E-state index is 0.0588. The Balaban J connectivity index is 1.62. The van der Waals surface area contributed by atoms with Crippen molar-refractivity contribution in [2.75, 3.05) is 11.9 Å². The molecule has 23 heavy (non-hydrogen) atoms. The molecule has 2 aromatic heterocycles. The van der Waals surface area contributed by atoms with Gasteiger partial charge in [0.2, 0.25) is 0 Å². The number of hydrogen-bond acceptors (Lipinski definition) is 3. The number of amides is 1. The second-order valence-corrected chi connectivity index (χ2v) is 6.58. The van der Waals surface area contributed by atoms with Gasteiger partial charge in [-0.25, -0.2) is 4.98 Å². The minimum atomic E-state index is -0.0588. The van der Waals surface area contributed by atoms with Crippen LogP contribution in [0.2, 0.25) is 0 Å². The van der Waals surface area contributed by atoms with Gasteiger partial charge in [0, 0.05) is 36.7 Å². The Morgan fingerprint density at radius 2 is 2.26 bits per heavy atom. The van der Waals surface area contributed by atoms with E-state index in [0.717, 1.165) is 36.3 Å². The molecule has 5 heteroatoms. The Labute approximate surface area is 136 Å². The van der Waals surface area contributed by atoms with Crippen LogP contribution in [0.1, 0.15) is 51.6 Å². The standard InChI is InChI=1S/C18H22N4O/c1-11-14(9-16(22(11)2)13-3-4-13)18(23)21-17-15-10-19-7-5-12(15)6-8-20-17/h6,8-9,13,19H,3-5,7,10H2,1-2H3,(H,20,21,23). The molecule has 0 unspecified atom stereocenters. The van der Waals surface area contributed by atoms with Gasteiger partial charge in [0.25, 0.3) is 5.91 Å². The van der Waals surface area contributed by atoms with Gasteiger partial charge in [-0.15, -0.1) is 0 Å². The predicted molar refractivity (Wildman–Crippen MR) is 89.7 cm³/mol. The van der Waals surface area contributed by atoms with Gasteiger partial charge in [0.15, 0.2) is 0 Å². The Hall–Kier alpha value is -2.14. The van der Waals surface area contributed by atoms with Crippen molar-refractivity contribution < 1.29 is 4.79 Å². The first-order valence-corrected chi connectivity index (χ1v) is 8.30. The first kappa shape index (κ1) is 14.5. The molecule has 0 aromatic carbocycles. The number of hydrogen-bond donors (Lipinski definition) is 2. The molecule has 1 aliphatic heterocycles. The summed E-state index contributed by atoms with van der Waals surface area (Å²) in [6.07, 6.45) is 5.24. The zero-order valence-corrected chi connectivity index (χ0v) is 13.6.